The Hall–Kier alpha value is -1.47. The lowest BCUT2D eigenvalue weighted by atomic mass is 10.2. The van der Waals surface area contributed by atoms with Gasteiger partial charge in [0.15, 0.2) is 0 Å². The lowest BCUT2D eigenvalue weighted by Gasteiger charge is -2.13. The number of primary sulfonamides is 1. The van der Waals surface area contributed by atoms with Crippen molar-refractivity contribution in [2.45, 2.75) is 4.90 Å². The second-order valence-electron chi connectivity index (χ2n) is 4.02. The van der Waals surface area contributed by atoms with Gasteiger partial charge in [0.25, 0.3) is 0 Å². The molecule has 0 aliphatic rings. The molecule has 2 rings (SSSR count). The van der Waals surface area contributed by atoms with Crippen molar-refractivity contribution in [1.29, 1.82) is 0 Å². The highest BCUT2D eigenvalue weighted by atomic mass is 35.5. The van der Waals surface area contributed by atoms with Crippen molar-refractivity contribution in [3.05, 3.63) is 46.4 Å². The summed E-state index contributed by atoms with van der Waals surface area (Å²) in [7, 11) is -3.82. The number of anilines is 3. The Balaban J connectivity index is 2.49. The Bertz CT molecular complexity index is 743. The molecule has 2 aromatic carbocycles. The molecule has 0 unspecified atom stereocenters. The summed E-state index contributed by atoms with van der Waals surface area (Å²) in [5.41, 5.74) is 6.93. The Morgan fingerprint density at radius 3 is 2.20 bits per heavy atom. The van der Waals surface area contributed by atoms with Crippen LogP contribution >= 0.6 is 23.2 Å². The van der Waals surface area contributed by atoms with E-state index >= 15 is 0 Å². The zero-order chi connectivity index (χ0) is 14.9. The minimum absolute atomic E-state index is 0.0580. The standard InChI is InChI=1S/C12H11Cl2N3O2S/c13-8-2-1-3-9(14)12(8)17-11-6-7(20(16,18)19)4-5-10(11)15/h1-6,17H,15H2,(H2,16,18,19). The van der Waals surface area contributed by atoms with Crippen molar-refractivity contribution >= 4 is 50.3 Å². The number of sulfonamides is 1. The number of hydrogen-bond acceptors (Lipinski definition) is 4. The summed E-state index contributed by atoms with van der Waals surface area (Å²) in [5.74, 6) is 0. The number of nitrogens with two attached hydrogens (primary N) is 2. The summed E-state index contributed by atoms with van der Waals surface area (Å²) in [4.78, 5) is -0.0580. The van der Waals surface area contributed by atoms with Gasteiger partial charge in [-0.1, -0.05) is 29.3 Å². The molecule has 0 atom stereocenters. The molecular formula is C12H11Cl2N3O2S. The van der Waals surface area contributed by atoms with E-state index in [0.29, 0.717) is 27.1 Å². The molecule has 5 N–H and O–H groups in total. The summed E-state index contributed by atoms with van der Waals surface area (Å²) in [6.45, 7) is 0. The summed E-state index contributed by atoms with van der Waals surface area (Å²) in [5, 5.41) is 8.77. The maximum atomic E-state index is 11.3. The number of benzene rings is 2. The molecule has 20 heavy (non-hydrogen) atoms. The Morgan fingerprint density at radius 2 is 1.65 bits per heavy atom. The Kier molecular flexibility index (Phi) is 4.10. The van der Waals surface area contributed by atoms with Gasteiger partial charge in [-0.2, -0.15) is 0 Å². The van der Waals surface area contributed by atoms with Gasteiger partial charge in [0, 0.05) is 0 Å². The fraction of sp³-hybridized carbons (Fsp3) is 0. The van der Waals surface area contributed by atoms with Crippen LogP contribution < -0.4 is 16.2 Å². The van der Waals surface area contributed by atoms with Gasteiger partial charge in [0.05, 0.1) is 32.0 Å². The molecule has 0 aliphatic heterocycles. The predicted octanol–water partition coefficient (Wildman–Crippen LogP) is 2.97. The van der Waals surface area contributed by atoms with Crippen molar-refractivity contribution < 1.29 is 8.42 Å². The maximum Gasteiger partial charge on any atom is 0.238 e. The first-order valence-electron chi connectivity index (χ1n) is 5.42. The van der Waals surface area contributed by atoms with Gasteiger partial charge in [-0.05, 0) is 30.3 Å². The van der Waals surface area contributed by atoms with Crippen molar-refractivity contribution in [1.82, 2.24) is 0 Å². The molecular weight excluding hydrogens is 321 g/mol. The van der Waals surface area contributed by atoms with E-state index in [9.17, 15) is 8.42 Å². The van der Waals surface area contributed by atoms with E-state index in [2.05, 4.69) is 5.32 Å². The second-order valence-corrected chi connectivity index (χ2v) is 6.39. The minimum Gasteiger partial charge on any atom is -0.397 e. The monoisotopic (exact) mass is 331 g/mol. The van der Waals surface area contributed by atoms with Gasteiger partial charge in [0.2, 0.25) is 10.0 Å². The average Bonchev–Trinajstić information content (AvgIpc) is 2.34. The molecule has 0 heterocycles. The molecule has 0 amide bonds. The van der Waals surface area contributed by atoms with Gasteiger partial charge in [-0.3, -0.25) is 0 Å². The molecule has 0 spiro atoms. The van der Waals surface area contributed by atoms with Gasteiger partial charge in [-0.25, -0.2) is 13.6 Å². The third-order valence-electron chi connectivity index (χ3n) is 2.58. The lowest BCUT2D eigenvalue weighted by Crippen LogP contribution is -2.12. The van der Waals surface area contributed by atoms with E-state index in [1.165, 1.54) is 18.2 Å². The molecule has 0 radical (unpaired) electrons. The first-order chi connectivity index (χ1) is 9.29. The van der Waals surface area contributed by atoms with Crippen LogP contribution in [0.1, 0.15) is 0 Å². The van der Waals surface area contributed by atoms with Crippen LogP contribution in [0.3, 0.4) is 0 Å². The average molecular weight is 332 g/mol. The number of rotatable bonds is 3. The van der Waals surface area contributed by atoms with Gasteiger partial charge in [-0.15, -0.1) is 0 Å². The van der Waals surface area contributed by atoms with Crippen LogP contribution in [0.25, 0.3) is 0 Å². The number of hydrogen-bond donors (Lipinski definition) is 3. The van der Waals surface area contributed by atoms with Crippen LogP contribution in [0.15, 0.2) is 41.3 Å². The molecule has 5 nitrogen and oxygen atoms in total. The van der Waals surface area contributed by atoms with Gasteiger partial charge in [0.1, 0.15) is 0 Å². The molecule has 2 aromatic rings. The molecule has 0 fully saturated rings. The van der Waals surface area contributed by atoms with E-state index in [4.69, 9.17) is 34.1 Å². The maximum absolute atomic E-state index is 11.3. The molecule has 106 valence electrons. The molecule has 0 bridgehead atoms. The van der Waals surface area contributed by atoms with Crippen LogP contribution in [0.5, 0.6) is 0 Å². The molecule has 0 aliphatic carbocycles. The smallest absolute Gasteiger partial charge is 0.238 e. The highest BCUT2D eigenvalue weighted by molar-refractivity contribution is 7.89. The summed E-state index contributed by atoms with van der Waals surface area (Å²) in [6.07, 6.45) is 0. The zero-order valence-corrected chi connectivity index (χ0v) is 12.4. The number of halogens is 2. The van der Waals surface area contributed by atoms with E-state index in [0.717, 1.165) is 0 Å². The van der Waals surface area contributed by atoms with E-state index in [1.807, 2.05) is 0 Å². The van der Waals surface area contributed by atoms with Crippen LogP contribution in [0.4, 0.5) is 17.1 Å². The quantitative estimate of drug-likeness (QED) is 0.753. The summed E-state index contributed by atoms with van der Waals surface area (Å²) >= 11 is 12.1. The highest BCUT2D eigenvalue weighted by Gasteiger charge is 2.12. The zero-order valence-electron chi connectivity index (χ0n) is 10.1. The van der Waals surface area contributed by atoms with Crippen molar-refractivity contribution in [2.75, 3.05) is 11.1 Å². The van der Waals surface area contributed by atoms with Crippen molar-refractivity contribution in [3.63, 3.8) is 0 Å². The minimum atomic E-state index is -3.82. The van der Waals surface area contributed by atoms with E-state index in [-0.39, 0.29) is 4.90 Å². The largest absolute Gasteiger partial charge is 0.397 e. The highest BCUT2D eigenvalue weighted by Crippen LogP contribution is 2.34. The number of para-hydroxylation sites is 1. The first kappa shape index (κ1) is 14.9. The lowest BCUT2D eigenvalue weighted by molar-refractivity contribution is 0.598. The van der Waals surface area contributed by atoms with E-state index in [1.54, 1.807) is 18.2 Å². The van der Waals surface area contributed by atoms with E-state index < -0.39 is 10.0 Å². The van der Waals surface area contributed by atoms with Crippen molar-refractivity contribution in [3.8, 4) is 0 Å². The Labute approximate surface area is 126 Å². The number of nitrogens with one attached hydrogen (secondary N) is 1. The number of nitrogen functional groups attached to an aromatic ring is 1. The van der Waals surface area contributed by atoms with Crippen LogP contribution in [-0.2, 0) is 10.0 Å². The van der Waals surface area contributed by atoms with Crippen LogP contribution in [0.2, 0.25) is 10.0 Å². The van der Waals surface area contributed by atoms with Crippen molar-refractivity contribution in [2.24, 2.45) is 5.14 Å². The fourth-order valence-corrected chi connectivity index (χ4v) is 2.60. The second kappa shape index (κ2) is 5.49. The van der Waals surface area contributed by atoms with Gasteiger partial charge < -0.3 is 11.1 Å². The SMILES string of the molecule is Nc1ccc(S(N)(=O)=O)cc1Nc1c(Cl)cccc1Cl. The predicted molar refractivity (Wildman–Crippen MR) is 82.0 cm³/mol. The van der Waals surface area contributed by atoms with Crippen LogP contribution in [-0.4, -0.2) is 8.42 Å². The molecule has 8 heteroatoms. The first-order valence-corrected chi connectivity index (χ1v) is 7.72. The Morgan fingerprint density at radius 1 is 1.05 bits per heavy atom. The van der Waals surface area contributed by atoms with Gasteiger partial charge >= 0.3 is 0 Å². The third-order valence-corrected chi connectivity index (χ3v) is 4.12. The fourth-order valence-electron chi connectivity index (χ4n) is 1.57. The molecule has 0 aromatic heterocycles. The summed E-state index contributed by atoms with van der Waals surface area (Å²) < 4.78 is 22.7. The topological polar surface area (TPSA) is 98.2 Å². The third kappa shape index (κ3) is 3.16. The summed E-state index contributed by atoms with van der Waals surface area (Å²) in [6, 6.07) is 9.08. The normalized spacial score (nSPS) is 11.3. The molecule has 0 saturated carbocycles. The van der Waals surface area contributed by atoms with Crippen LogP contribution in [0, 0.1) is 0 Å². The molecule has 0 saturated heterocycles.